The van der Waals surface area contributed by atoms with Crippen molar-refractivity contribution in [3.8, 4) is 0 Å². The number of carbonyl (C=O) groups excluding carboxylic acids is 1. The minimum Gasteiger partial charge on any atom is -0.307 e. The van der Waals surface area contributed by atoms with Crippen LogP contribution in [0.3, 0.4) is 0 Å². The van der Waals surface area contributed by atoms with Gasteiger partial charge in [0.25, 0.3) is 0 Å². The predicted octanol–water partition coefficient (Wildman–Crippen LogP) is 3.62. The van der Waals surface area contributed by atoms with Gasteiger partial charge in [-0.1, -0.05) is 56.5 Å². The molecule has 0 unspecified atom stereocenters. The van der Waals surface area contributed by atoms with Crippen molar-refractivity contribution < 1.29 is 4.79 Å². The van der Waals surface area contributed by atoms with Crippen LogP contribution in [-0.4, -0.2) is 6.79 Å². The molecule has 0 aromatic heterocycles. The Bertz CT molecular complexity index is 206. The van der Waals surface area contributed by atoms with Crippen molar-refractivity contribution in [2.24, 2.45) is 0 Å². The molecule has 0 atom stereocenters. The van der Waals surface area contributed by atoms with Crippen LogP contribution in [-0.2, 0) is 11.2 Å². The van der Waals surface area contributed by atoms with Gasteiger partial charge in [-0.2, -0.15) is 0 Å². The lowest BCUT2D eigenvalue weighted by atomic mass is 10.1. The molecule has 0 bridgehead atoms. The maximum atomic E-state index is 8.00. The smallest absolute Gasteiger partial charge is 0.106 e. The van der Waals surface area contributed by atoms with Crippen molar-refractivity contribution in [3.63, 3.8) is 0 Å². The molecule has 0 aliphatic carbocycles. The largest absolute Gasteiger partial charge is 0.307 e. The molecule has 0 fully saturated rings. The number of aryl methyl sites for hydroxylation is 1. The zero-order valence-electron chi connectivity index (χ0n) is 9.04. The number of hydrogen-bond donors (Lipinski definition) is 0. The van der Waals surface area contributed by atoms with Gasteiger partial charge in [-0.3, -0.25) is 0 Å². The third kappa shape index (κ3) is 6.41. The van der Waals surface area contributed by atoms with Gasteiger partial charge in [-0.15, -0.1) is 0 Å². The second kappa shape index (κ2) is 9.97. The van der Waals surface area contributed by atoms with Crippen LogP contribution in [0.5, 0.6) is 0 Å². The second-order valence-corrected chi connectivity index (χ2v) is 3.30. The molecule has 1 rings (SSSR count). The minimum atomic E-state index is 1.25. The fourth-order valence-electron chi connectivity index (χ4n) is 1.40. The first kappa shape index (κ1) is 12.9. The molecule has 0 aliphatic heterocycles. The molecule has 0 saturated heterocycles. The molecule has 1 heteroatoms. The van der Waals surface area contributed by atoms with Gasteiger partial charge in [0, 0.05) is 0 Å². The third-order valence-electron chi connectivity index (χ3n) is 2.16. The zero-order chi connectivity index (χ0) is 10.6. The van der Waals surface area contributed by atoms with E-state index in [0.717, 1.165) is 0 Å². The van der Waals surface area contributed by atoms with Gasteiger partial charge in [-0.05, 0) is 18.4 Å². The molecule has 1 aromatic carbocycles. The van der Waals surface area contributed by atoms with Crippen molar-refractivity contribution in [2.75, 3.05) is 0 Å². The molecule has 0 N–H and O–H groups in total. The topological polar surface area (TPSA) is 17.1 Å². The first-order chi connectivity index (χ1) is 6.93. The zero-order valence-corrected chi connectivity index (χ0v) is 9.04. The van der Waals surface area contributed by atoms with Crippen LogP contribution in [0.25, 0.3) is 0 Å². The van der Waals surface area contributed by atoms with Gasteiger partial charge in [0.15, 0.2) is 0 Å². The Hall–Kier alpha value is -1.11. The van der Waals surface area contributed by atoms with Gasteiger partial charge in [-0.25, -0.2) is 0 Å². The van der Waals surface area contributed by atoms with Gasteiger partial charge >= 0.3 is 0 Å². The van der Waals surface area contributed by atoms with Crippen molar-refractivity contribution in [2.45, 2.75) is 39.0 Å². The predicted molar refractivity (Wildman–Crippen MR) is 61.4 cm³/mol. The molecule has 14 heavy (non-hydrogen) atoms. The monoisotopic (exact) mass is 192 g/mol. The third-order valence-corrected chi connectivity index (χ3v) is 2.16. The van der Waals surface area contributed by atoms with E-state index in [1.807, 2.05) is 6.79 Å². The molecule has 78 valence electrons. The molecular weight excluding hydrogens is 172 g/mol. The highest BCUT2D eigenvalue weighted by molar-refractivity contribution is 5.14. The summed E-state index contributed by atoms with van der Waals surface area (Å²) in [5.41, 5.74) is 1.48. The van der Waals surface area contributed by atoms with Crippen molar-refractivity contribution in [1.82, 2.24) is 0 Å². The van der Waals surface area contributed by atoms with Crippen LogP contribution >= 0.6 is 0 Å². The number of unbranched alkanes of at least 4 members (excludes halogenated alkanes) is 3. The van der Waals surface area contributed by atoms with E-state index < -0.39 is 0 Å². The van der Waals surface area contributed by atoms with E-state index in [2.05, 4.69) is 37.3 Å². The normalized spacial score (nSPS) is 8.93. The van der Waals surface area contributed by atoms with Crippen LogP contribution in [0.2, 0.25) is 0 Å². The fourth-order valence-corrected chi connectivity index (χ4v) is 1.40. The van der Waals surface area contributed by atoms with Crippen LogP contribution in [0.15, 0.2) is 30.3 Å². The van der Waals surface area contributed by atoms with Crippen molar-refractivity contribution >= 4 is 6.79 Å². The number of hydrogen-bond acceptors (Lipinski definition) is 1. The highest BCUT2D eigenvalue weighted by Gasteiger charge is 1.90. The van der Waals surface area contributed by atoms with Gasteiger partial charge in [0.05, 0.1) is 0 Å². The average Bonchev–Trinajstić information content (AvgIpc) is 2.29. The summed E-state index contributed by atoms with van der Waals surface area (Å²) in [6, 6.07) is 10.7. The highest BCUT2D eigenvalue weighted by atomic mass is 16.1. The lowest BCUT2D eigenvalue weighted by Gasteiger charge is -1.99. The Morgan fingerprint density at radius 1 is 1.00 bits per heavy atom. The minimum absolute atomic E-state index is 1.25. The van der Waals surface area contributed by atoms with Crippen LogP contribution in [0.1, 0.15) is 38.2 Å². The summed E-state index contributed by atoms with van der Waals surface area (Å²) >= 11 is 0. The fraction of sp³-hybridized carbons (Fsp3) is 0.462. The standard InChI is InChI=1S/C12H18.CH2O/c1-2-3-4-6-9-12-10-7-5-8-11-12;1-2/h5,7-8,10-11H,2-4,6,9H2,1H3;1H2. The van der Waals surface area contributed by atoms with Gasteiger partial charge in [0.2, 0.25) is 0 Å². The summed E-state index contributed by atoms with van der Waals surface area (Å²) < 4.78 is 0. The van der Waals surface area contributed by atoms with E-state index in [1.165, 1.54) is 37.7 Å². The lowest BCUT2D eigenvalue weighted by Crippen LogP contribution is -1.84. The van der Waals surface area contributed by atoms with E-state index >= 15 is 0 Å². The summed E-state index contributed by atoms with van der Waals surface area (Å²) in [5, 5.41) is 0. The SMILES string of the molecule is C=O.CCCCCCc1ccccc1. The summed E-state index contributed by atoms with van der Waals surface area (Å²) in [4.78, 5) is 8.00. The Morgan fingerprint density at radius 3 is 2.21 bits per heavy atom. The molecule has 0 saturated carbocycles. The number of carbonyl (C=O) groups is 1. The Kier molecular flexibility index (Phi) is 9.18. The van der Waals surface area contributed by atoms with E-state index in [1.54, 1.807) is 0 Å². The Labute approximate surface area is 87.2 Å². The molecule has 0 amide bonds. The van der Waals surface area contributed by atoms with E-state index in [0.29, 0.717) is 0 Å². The van der Waals surface area contributed by atoms with Crippen molar-refractivity contribution in [3.05, 3.63) is 35.9 Å². The molecule has 0 aliphatic rings. The average molecular weight is 192 g/mol. The molecule has 0 spiro atoms. The van der Waals surface area contributed by atoms with Crippen molar-refractivity contribution in [1.29, 1.82) is 0 Å². The summed E-state index contributed by atoms with van der Waals surface area (Å²) in [6.45, 7) is 4.25. The molecule has 0 heterocycles. The second-order valence-electron chi connectivity index (χ2n) is 3.30. The molecular formula is C13H20O. The highest BCUT2D eigenvalue weighted by Crippen LogP contribution is 2.06. The summed E-state index contributed by atoms with van der Waals surface area (Å²) in [7, 11) is 0. The Morgan fingerprint density at radius 2 is 1.64 bits per heavy atom. The summed E-state index contributed by atoms with van der Waals surface area (Å²) in [5.74, 6) is 0. The van der Waals surface area contributed by atoms with Crippen LogP contribution < -0.4 is 0 Å². The van der Waals surface area contributed by atoms with Crippen LogP contribution in [0.4, 0.5) is 0 Å². The molecule has 1 aromatic rings. The Balaban J connectivity index is 0.000000791. The molecule has 0 radical (unpaired) electrons. The van der Waals surface area contributed by atoms with E-state index in [9.17, 15) is 0 Å². The number of benzene rings is 1. The van der Waals surface area contributed by atoms with Crippen LogP contribution in [0, 0.1) is 0 Å². The van der Waals surface area contributed by atoms with Gasteiger partial charge < -0.3 is 4.79 Å². The summed E-state index contributed by atoms with van der Waals surface area (Å²) in [6.07, 6.45) is 6.69. The maximum absolute atomic E-state index is 8.00. The number of rotatable bonds is 5. The van der Waals surface area contributed by atoms with Gasteiger partial charge in [0.1, 0.15) is 6.79 Å². The lowest BCUT2D eigenvalue weighted by molar-refractivity contribution is -0.0979. The van der Waals surface area contributed by atoms with E-state index in [4.69, 9.17) is 4.79 Å². The maximum Gasteiger partial charge on any atom is 0.106 e. The quantitative estimate of drug-likeness (QED) is 0.651. The molecule has 1 nitrogen and oxygen atoms in total. The first-order valence-corrected chi connectivity index (χ1v) is 5.26. The van der Waals surface area contributed by atoms with E-state index in [-0.39, 0.29) is 0 Å². The first-order valence-electron chi connectivity index (χ1n) is 5.26.